The summed E-state index contributed by atoms with van der Waals surface area (Å²) in [6.07, 6.45) is 3.85. The van der Waals surface area contributed by atoms with Crippen molar-refractivity contribution >= 4 is 28.0 Å². The van der Waals surface area contributed by atoms with E-state index in [4.69, 9.17) is 0 Å². The van der Waals surface area contributed by atoms with Gasteiger partial charge in [0.15, 0.2) is 5.13 Å². The number of rotatable bonds is 5. The third-order valence-electron chi connectivity index (χ3n) is 3.17. The smallest absolute Gasteiger partial charge is 0.263 e. The molecule has 3 heterocycles. The summed E-state index contributed by atoms with van der Waals surface area (Å²) in [5, 5.41) is 6.80. The number of anilines is 1. The highest BCUT2D eigenvalue weighted by atomic mass is 32.1. The number of nitrogens with one attached hydrogen (secondary N) is 2. The van der Waals surface area contributed by atoms with E-state index >= 15 is 0 Å². The Labute approximate surface area is 132 Å². The Kier molecular flexibility index (Phi) is 4.06. The van der Waals surface area contributed by atoms with Crippen molar-refractivity contribution in [1.82, 2.24) is 19.7 Å². The van der Waals surface area contributed by atoms with Crippen LogP contribution in [-0.4, -0.2) is 26.8 Å². The number of hydrogen-bond donors (Lipinski definition) is 2. The Morgan fingerprint density at radius 3 is 3.00 bits per heavy atom. The van der Waals surface area contributed by atoms with E-state index in [0.29, 0.717) is 11.4 Å². The van der Waals surface area contributed by atoms with Gasteiger partial charge in [0, 0.05) is 18.9 Å². The van der Waals surface area contributed by atoms with Crippen molar-refractivity contribution in [2.45, 2.75) is 20.4 Å². The minimum absolute atomic E-state index is 0.115. The van der Waals surface area contributed by atoms with Crippen molar-refractivity contribution in [3.05, 3.63) is 46.9 Å². The van der Waals surface area contributed by atoms with Gasteiger partial charge in [-0.1, -0.05) is 17.4 Å². The molecule has 0 fully saturated rings. The standard InChI is InChI=1S/C15H17N5OS/c1-3-16-15-18-10(2)13(22-15)14(21)17-8-11-9-20-7-5-4-6-12(20)19-11/h4-7,9H,3,8H2,1-2H3,(H,16,18)(H,17,21). The van der Waals surface area contributed by atoms with Gasteiger partial charge in [-0.25, -0.2) is 9.97 Å². The van der Waals surface area contributed by atoms with E-state index in [-0.39, 0.29) is 5.91 Å². The van der Waals surface area contributed by atoms with Crippen molar-refractivity contribution in [3.8, 4) is 0 Å². The lowest BCUT2D eigenvalue weighted by Crippen LogP contribution is -2.22. The van der Waals surface area contributed by atoms with Gasteiger partial charge in [0.25, 0.3) is 5.91 Å². The molecule has 0 aliphatic carbocycles. The maximum atomic E-state index is 12.3. The second-order valence-corrected chi connectivity index (χ2v) is 5.84. The molecular weight excluding hydrogens is 298 g/mol. The molecule has 114 valence electrons. The molecule has 0 atom stereocenters. The predicted octanol–water partition coefficient (Wildman–Crippen LogP) is 2.46. The van der Waals surface area contributed by atoms with Gasteiger partial charge in [-0.05, 0) is 26.0 Å². The highest BCUT2D eigenvalue weighted by Crippen LogP contribution is 2.22. The number of aromatic nitrogens is 3. The van der Waals surface area contributed by atoms with Crippen LogP contribution in [0.15, 0.2) is 30.6 Å². The van der Waals surface area contributed by atoms with E-state index in [1.54, 1.807) is 0 Å². The SMILES string of the molecule is CCNc1nc(C)c(C(=O)NCc2cn3ccccc3n2)s1. The van der Waals surface area contributed by atoms with Crippen LogP contribution in [0.1, 0.15) is 28.0 Å². The summed E-state index contributed by atoms with van der Waals surface area (Å²) < 4.78 is 1.93. The molecule has 0 radical (unpaired) electrons. The molecule has 0 saturated heterocycles. The van der Waals surface area contributed by atoms with Gasteiger partial charge in [-0.3, -0.25) is 4.79 Å². The summed E-state index contributed by atoms with van der Waals surface area (Å²) in [4.78, 5) is 21.7. The zero-order valence-corrected chi connectivity index (χ0v) is 13.3. The largest absolute Gasteiger partial charge is 0.362 e. The summed E-state index contributed by atoms with van der Waals surface area (Å²) in [7, 11) is 0. The van der Waals surface area contributed by atoms with Crippen LogP contribution in [0.3, 0.4) is 0 Å². The normalized spacial score (nSPS) is 10.8. The molecule has 1 amide bonds. The Morgan fingerprint density at radius 2 is 2.23 bits per heavy atom. The molecule has 0 aliphatic rings. The molecule has 0 spiro atoms. The first-order valence-corrected chi connectivity index (χ1v) is 7.91. The van der Waals surface area contributed by atoms with E-state index in [2.05, 4.69) is 20.6 Å². The van der Waals surface area contributed by atoms with E-state index in [1.807, 2.05) is 48.8 Å². The number of pyridine rings is 1. The lowest BCUT2D eigenvalue weighted by Gasteiger charge is -2.01. The minimum atomic E-state index is -0.115. The number of carbonyl (C=O) groups excluding carboxylic acids is 1. The number of amides is 1. The van der Waals surface area contributed by atoms with Gasteiger partial charge in [0.05, 0.1) is 17.9 Å². The Balaban J connectivity index is 1.69. The van der Waals surface area contributed by atoms with Crippen molar-refractivity contribution in [2.24, 2.45) is 0 Å². The molecule has 22 heavy (non-hydrogen) atoms. The Bertz CT molecular complexity index is 774. The Hall–Kier alpha value is -2.41. The first kappa shape index (κ1) is 14.5. The summed E-state index contributed by atoms with van der Waals surface area (Å²) in [6.45, 7) is 5.03. The van der Waals surface area contributed by atoms with Gasteiger partial charge in [-0.15, -0.1) is 0 Å². The monoisotopic (exact) mass is 315 g/mol. The number of carbonyl (C=O) groups is 1. The first-order chi connectivity index (χ1) is 10.7. The topological polar surface area (TPSA) is 71.3 Å². The molecule has 0 unspecified atom stereocenters. The number of nitrogens with zero attached hydrogens (tertiary/aromatic N) is 3. The number of thiazole rings is 1. The maximum absolute atomic E-state index is 12.3. The van der Waals surface area contributed by atoms with E-state index in [9.17, 15) is 4.79 Å². The molecular formula is C15H17N5OS. The molecule has 0 aliphatic heterocycles. The van der Waals surface area contributed by atoms with Crippen molar-refractivity contribution in [3.63, 3.8) is 0 Å². The summed E-state index contributed by atoms with van der Waals surface area (Å²) in [5.41, 5.74) is 2.44. The van der Waals surface area contributed by atoms with Crippen LogP contribution in [-0.2, 0) is 6.54 Å². The molecule has 0 aromatic carbocycles. The quantitative estimate of drug-likeness (QED) is 0.759. The minimum Gasteiger partial charge on any atom is -0.362 e. The van der Waals surface area contributed by atoms with Gasteiger partial charge < -0.3 is 15.0 Å². The zero-order valence-electron chi connectivity index (χ0n) is 12.5. The molecule has 6 nitrogen and oxygen atoms in total. The average Bonchev–Trinajstić information content (AvgIpc) is 3.08. The fourth-order valence-electron chi connectivity index (χ4n) is 2.16. The predicted molar refractivity (Wildman–Crippen MR) is 87.4 cm³/mol. The van der Waals surface area contributed by atoms with E-state index in [1.165, 1.54) is 11.3 Å². The third kappa shape index (κ3) is 2.94. The molecule has 7 heteroatoms. The molecule has 3 aromatic heterocycles. The van der Waals surface area contributed by atoms with Crippen LogP contribution in [0.2, 0.25) is 0 Å². The number of hydrogen-bond acceptors (Lipinski definition) is 5. The molecule has 3 aromatic rings. The highest BCUT2D eigenvalue weighted by Gasteiger charge is 2.15. The fourth-order valence-corrected chi connectivity index (χ4v) is 3.11. The van der Waals surface area contributed by atoms with Crippen LogP contribution in [0.4, 0.5) is 5.13 Å². The van der Waals surface area contributed by atoms with Crippen LogP contribution < -0.4 is 10.6 Å². The number of aryl methyl sites for hydroxylation is 1. The van der Waals surface area contributed by atoms with E-state index < -0.39 is 0 Å². The van der Waals surface area contributed by atoms with Crippen molar-refractivity contribution in [1.29, 1.82) is 0 Å². The Morgan fingerprint density at radius 1 is 1.36 bits per heavy atom. The average molecular weight is 315 g/mol. The van der Waals surface area contributed by atoms with Crippen molar-refractivity contribution in [2.75, 3.05) is 11.9 Å². The molecule has 0 saturated carbocycles. The molecule has 2 N–H and O–H groups in total. The number of fused-ring (bicyclic) bond motifs is 1. The second-order valence-electron chi connectivity index (χ2n) is 4.84. The lowest BCUT2D eigenvalue weighted by atomic mass is 10.3. The zero-order chi connectivity index (χ0) is 15.5. The fraction of sp³-hybridized carbons (Fsp3) is 0.267. The van der Waals surface area contributed by atoms with E-state index in [0.717, 1.165) is 28.7 Å². The third-order valence-corrected chi connectivity index (χ3v) is 4.29. The highest BCUT2D eigenvalue weighted by molar-refractivity contribution is 7.17. The maximum Gasteiger partial charge on any atom is 0.263 e. The molecule has 0 bridgehead atoms. The summed E-state index contributed by atoms with van der Waals surface area (Å²) in [5.74, 6) is -0.115. The first-order valence-electron chi connectivity index (χ1n) is 7.09. The summed E-state index contributed by atoms with van der Waals surface area (Å²) in [6, 6.07) is 5.81. The van der Waals surface area contributed by atoms with Gasteiger partial charge >= 0.3 is 0 Å². The van der Waals surface area contributed by atoms with Gasteiger partial charge in [-0.2, -0.15) is 0 Å². The molecule has 3 rings (SSSR count). The summed E-state index contributed by atoms with van der Waals surface area (Å²) >= 11 is 1.37. The van der Waals surface area contributed by atoms with Crippen LogP contribution >= 0.6 is 11.3 Å². The van der Waals surface area contributed by atoms with Gasteiger partial charge in [0.1, 0.15) is 10.5 Å². The van der Waals surface area contributed by atoms with Crippen LogP contribution in [0.25, 0.3) is 5.65 Å². The van der Waals surface area contributed by atoms with Crippen LogP contribution in [0.5, 0.6) is 0 Å². The van der Waals surface area contributed by atoms with Gasteiger partial charge in [0.2, 0.25) is 0 Å². The van der Waals surface area contributed by atoms with Crippen molar-refractivity contribution < 1.29 is 4.79 Å². The lowest BCUT2D eigenvalue weighted by molar-refractivity contribution is 0.0953. The van der Waals surface area contributed by atoms with Crippen LogP contribution in [0, 0.1) is 6.92 Å². The number of imidazole rings is 1. The second kappa shape index (κ2) is 6.15.